The molecule has 0 saturated heterocycles. The number of carbonyl (C=O) groups excluding carboxylic acids is 2. The van der Waals surface area contributed by atoms with Gasteiger partial charge in [0, 0.05) is 0 Å². The summed E-state index contributed by atoms with van der Waals surface area (Å²) in [4.78, 5) is 28.8. The first kappa shape index (κ1) is 16.5. The Balaban J connectivity index is 1.73. The van der Waals surface area contributed by atoms with Gasteiger partial charge in [0.1, 0.15) is 31.4 Å². The van der Waals surface area contributed by atoms with Gasteiger partial charge in [-0.3, -0.25) is 9.59 Å². The monoisotopic (exact) mass is 359 g/mol. The van der Waals surface area contributed by atoms with Crippen LogP contribution >= 0.6 is 22.7 Å². The van der Waals surface area contributed by atoms with Gasteiger partial charge in [-0.1, -0.05) is 6.07 Å². The third-order valence-electron chi connectivity index (χ3n) is 3.08. The van der Waals surface area contributed by atoms with Crippen LogP contribution in [0.2, 0.25) is 0 Å². The fourth-order valence-electron chi connectivity index (χ4n) is 2.02. The van der Waals surface area contributed by atoms with Crippen molar-refractivity contribution in [1.82, 2.24) is 25.4 Å². The summed E-state index contributed by atoms with van der Waals surface area (Å²) in [7, 11) is 0. The quantitative estimate of drug-likeness (QED) is 0.622. The van der Waals surface area contributed by atoms with Crippen molar-refractivity contribution in [3.63, 3.8) is 0 Å². The molecule has 3 aromatic rings. The lowest BCUT2D eigenvalue weighted by molar-refractivity contribution is 0.0984. The Morgan fingerprint density at radius 2 is 1.29 bits per heavy atom. The highest BCUT2D eigenvalue weighted by Gasteiger charge is 2.16. The van der Waals surface area contributed by atoms with Gasteiger partial charge in [0.2, 0.25) is 0 Å². The molecular formula is C15H13N5O2S2. The molecule has 0 N–H and O–H groups in total. The molecule has 0 amide bonds. The number of nitrogens with zero attached hydrogens (tertiary/aromatic N) is 5. The molecule has 7 nitrogen and oxygen atoms in total. The minimum absolute atomic E-state index is 0.131. The predicted octanol–water partition coefficient (Wildman–Crippen LogP) is 2.25. The SMILES string of the molecule is Cc1nnc(CC(=O)c2cccc(C(=O)Cc3nnc(C)s3)n2)s1. The molecule has 122 valence electrons. The van der Waals surface area contributed by atoms with E-state index < -0.39 is 0 Å². The van der Waals surface area contributed by atoms with Crippen LogP contribution in [0.3, 0.4) is 0 Å². The van der Waals surface area contributed by atoms with Crippen LogP contribution in [0.1, 0.15) is 41.0 Å². The molecule has 24 heavy (non-hydrogen) atoms. The molecule has 0 aliphatic carbocycles. The lowest BCUT2D eigenvalue weighted by atomic mass is 10.1. The lowest BCUT2D eigenvalue weighted by Crippen LogP contribution is -2.11. The first-order chi connectivity index (χ1) is 11.5. The van der Waals surface area contributed by atoms with E-state index in [-0.39, 0.29) is 35.8 Å². The second kappa shape index (κ2) is 7.02. The molecule has 0 aliphatic rings. The van der Waals surface area contributed by atoms with E-state index in [9.17, 15) is 9.59 Å². The average molecular weight is 359 g/mol. The number of hydrogen-bond donors (Lipinski definition) is 0. The Kier molecular flexibility index (Phi) is 4.81. The maximum atomic E-state index is 12.3. The Morgan fingerprint density at radius 3 is 1.67 bits per heavy atom. The number of aromatic nitrogens is 5. The molecule has 0 aromatic carbocycles. The molecule has 0 aliphatic heterocycles. The highest BCUT2D eigenvalue weighted by Crippen LogP contribution is 2.14. The maximum absolute atomic E-state index is 12.3. The van der Waals surface area contributed by atoms with Crippen LogP contribution < -0.4 is 0 Å². The third kappa shape index (κ3) is 3.92. The fraction of sp³-hybridized carbons (Fsp3) is 0.267. The second-order valence-electron chi connectivity index (χ2n) is 5.04. The van der Waals surface area contributed by atoms with E-state index >= 15 is 0 Å². The summed E-state index contributed by atoms with van der Waals surface area (Å²) < 4.78 is 0. The summed E-state index contributed by atoms with van der Waals surface area (Å²) in [6, 6.07) is 4.86. The topological polar surface area (TPSA) is 98.6 Å². The number of hydrogen-bond acceptors (Lipinski definition) is 9. The first-order valence-electron chi connectivity index (χ1n) is 7.12. The van der Waals surface area contributed by atoms with Crippen molar-refractivity contribution in [3.05, 3.63) is 49.6 Å². The Hall–Kier alpha value is -2.39. The number of pyridine rings is 1. The fourth-order valence-corrected chi connectivity index (χ4v) is 3.43. The minimum atomic E-state index is -0.187. The molecule has 0 spiro atoms. The molecule has 0 atom stereocenters. The zero-order chi connectivity index (χ0) is 17.1. The van der Waals surface area contributed by atoms with Crippen LogP contribution in [-0.2, 0) is 12.8 Å². The Bertz CT molecular complexity index is 833. The van der Waals surface area contributed by atoms with E-state index in [1.165, 1.54) is 22.7 Å². The van der Waals surface area contributed by atoms with Gasteiger partial charge in [-0.15, -0.1) is 43.1 Å². The molecule has 0 bridgehead atoms. The number of Topliss-reactive ketones (excluding diaryl/α,β-unsaturated/α-hetero) is 2. The van der Waals surface area contributed by atoms with E-state index in [1.54, 1.807) is 18.2 Å². The molecular weight excluding hydrogens is 346 g/mol. The van der Waals surface area contributed by atoms with Crippen molar-refractivity contribution >= 4 is 34.2 Å². The highest BCUT2D eigenvalue weighted by molar-refractivity contribution is 7.11. The summed E-state index contributed by atoms with van der Waals surface area (Å²) in [5.41, 5.74) is 0.504. The molecule has 0 radical (unpaired) electrons. The molecule has 9 heteroatoms. The largest absolute Gasteiger partial charge is 0.292 e. The average Bonchev–Trinajstić information content (AvgIpc) is 3.15. The third-order valence-corrected chi connectivity index (χ3v) is 4.76. The molecule has 0 unspecified atom stereocenters. The minimum Gasteiger partial charge on any atom is -0.292 e. The first-order valence-corrected chi connectivity index (χ1v) is 8.76. The van der Waals surface area contributed by atoms with Gasteiger partial charge in [0.05, 0.1) is 12.8 Å². The smallest absolute Gasteiger partial charge is 0.188 e. The summed E-state index contributed by atoms with van der Waals surface area (Å²) in [6.45, 7) is 3.66. The van der Waals surface area contributed by atoms with Gasteiger partial charge in [-0.05, 0) is 26.0 Å². The Labute approximate surface area is 145 Å². The van der Waals surface area contributed by atoms with Crippen LogP contribution in [0, 0.1) is 13.8 Å². The van der Waals surface area contributed by atoms with E-state index in [0.717, 1.165) is 10.0 Å². The van der Waals surface area contributed by atoms with E-state index in [1.807, 2.05) is 13.8 Å². The Morgan fingerprint density at radius 1 is 0.833 bits per heavy atom. The zero-order valence-electron chi connectivity index (χ0n) is 13.0. The van der Waals surface area contributed by atoms with Crippen molar-refractivity contribution in [2.75, 3.05) is 0 Å². The van der Waals surface area contributed by atoms with Gasteiger partial charge >= 0.3 is 0 Å². The molecule has 3 rings (SSSR count). The summed E-state index contributed by atoms with van der Waals surface area (Å²) >= 11 is 2.75. The van der Waals surface area contributed by atoms with Crippen molar-refractivity contribution in [1.29, 1.82) is 0 Å². The molecule has 3 heterocycles. The van der Waals surface area contributed by atoms with Crippen LogP contribution in [0.15, 0.2) is 18.2 Å². The molecule has 3 aromatic heterocycles. The van der Waals surface area contributed by atoms with Crippen molar-refractivity contribution in [2.24, 2.45) is 0 Å². The zero-order valence-corrected chi connectivity index (χ0v) is 14.6. The molecule has 0 fully saturated rings. The van der Waals surface area contributed by atoms with Gasteiger partial charge in [0.15, 0.2) is 11.6 Å². The van der Waals surface area contributed by atoms with Crippen LogP contribution in [0.5, 0.6) is 0 Å². The normalized spacial score (nSPS) is 10.8. The van der Waals surface area contributed by atoms with E-state index in [0.29, 0.717) is 10.0 Å². The number of rotatable bonds is 6. The van der Waals surface area contributed by atoms with E-state index in [2.05, 4.69) is 25.4 Å². The van der Waals surface area contributed by atoms with Crippen molar-refractivity contribution in [3.8, 4) is 0 Å². The number of aryl methyl sites for hydroxylation is 2. The predicted molar refractivity (Wildman–Crippen MR) is 89.6 cm³/mol. The number of carbonyl (C=O) groups is 2. The highest BCUT2D eigenvalue weighted by atomic mass is 32.1. The van der Waals surface area contributed by atoms with Gasteiger partial charge in [-0.2, -0.15) is 0 Å². The summed E-state index contributed by atoms with van der Waals surface area (Å²) in [6.07, 6.45) is 0.261. The summed E-state index contributed by atoms with van der Waals surface area (Å²) in [5.74, 6) is -0.375. The van der Waals surface area contributed by atoms with Crippen molar-refractivity contribution in [2.45, 2.75) is 26.7 Å². The van der Waals surface area contributed by atoms with Gasteiger partial charge < -0.3 is 0 Å². The summed E-state index contributed by atoms with van der Waals surface area (Å²) in [5, 5.41) is 18.5. The van der Waals surface area contributed by atoms with Gasteiger partial charge in [0.25, 0.3) is 0 Å². The lowest BCUT2D eigenvalue weighted by Gasteiger charge is -2.02. The van der Waals surface area contributed by atoms with Crippen molar-refractivity contribution < 1.29 is 9.59 Å². The second-order valence-corrected chi connectivity index (χ2v) is 7.57. The number of ketones is 2. The van der Waals surface area contributed by atoms with Crippen LogP contribution in [0.25, 0.3) is 0 Å². The molecule has 0 saturated carbocycles. The van der Waals surface area contributed by atoms with Crippen LogP contribution in [0.4, 0.5) is 0 Å². The van der Waals surface area contributed by atoms with E-state index in [4.69, 9.17) is 0 Å². The maximum Gasteiger partial charge on any atom is 0.188 e. The standard InChI is InChI=1S/C15H13N5O2S2/c1-8-17-19-14(23-8)6-12(21)10-4-3-5-11(16-10)13(22)7-15-20-18-9(2)24-15/h3-5H,6-7H2,1-2H3. The van der Waals surface area contributed by atoms with Gasteiger partial charge in [-0.25, -0.2) is 4.98 Å². The van der Waals surface area contributed by atoms with Crippen LogP contribution in [-0.4, -0.2) is 36.9 Å².